The molecule has 4 heteroatoms. The van der Waals surface area contributed by atoms with Gasteiger partial charge in [0, 0.05) is 0 Å². The van der Waals surface area contributed by atoms with Crippen LogP contribution >= 0.6 is 0 Å². The average molecular weight is 134 g/mol. The van der Waals surface area contributed by atoms with Crippen molar-refractivity contribution < 1.29 is 20.4 Å². The van der Waals surface area contributed by atoms with Crippen LogP contribution in [-0.4, -0.2) is 39.2 Å². The molecule has 0 aromatic heterocycles. The van der Waals surface area contributed by atoms with Crippen LogP contribution in [0.2, 0.25) is 0 Å². The summed E-state index contributed by atoms with van der Waals surface area (Å²) in [6.07, 6.45) is -2.79. The van der Waals surface area contributed by atoms with E-state index in [0.717, 1.165) is 0 Å². The van der Waals surface area contributed by atoms with E-state index in [1.165, 1.54) is 0 Å². The molecule has 0 amide bonds. The molecular weight excluding hydrogens is 124 g/mol. The molecule has 0 aromatic rings. The summed E-state index contributed by atoms with van der Waals surface area (Å²) in [6.45, 7) is 2.36. The van der Waals surface area contributed by atoms with Gasteiger partial charge in [-0.3, -0.25) is 0 Å². The number of hydrogen-bond acceptors (Lipinski definition) is 4. The summed E-state index contributed by atoms with van der Waals surface area (Å²) in [5, 5.41) is 33.8. The third-order valence-corrected chi connectivity index (χ3v) is 0.893. The lowest BCUT2D eigenvalue weighted by Crippen LogP contribution is -2.30. The lowest BCUT2D eigenvalue weighted by Gasteiger charge is -2.12. The zero-order valence-electron chi connectivity index (χ0n) is 4.86. The van der Waals surface area contributed by atoms with Crippen LogP contribution in [0.3, 0.4) is 0 Å². The Morgan fingerprint density at radius 2 is 1.89 bits per heavy atom. The quantitative estimate of drug-likeness (QED) is 0.364. The SMILES string of the molecule is C=C(O)[C@H](O)[C@H](O)CO. The fraction of sp³-hybridized carbons (Fsp3) is 0.600. The van der Waals surface area contributed by atoms with Crippen molar-refractivity contribution in [3.05, 3.63) is 12.3 Å². The predicted octanol–water partition coefficient (Wildman–Crippen LogP) is -1.23. The van der Waals surface area contributed by atoms with E-state index in [9.17, 15) is 0 Å². The van der Waals surface area contributed by atoms with Gasteiger partial charge in [0.1, 0.15) is 18.0 Å². The van der Waals surface area contributed by atoms with Crippen molar-refractivity contribution in [1.29, 1.82) is 0 Å². The summed E-state index contributed by atoms with van der Waals surface area (Å²) >= 11 is 0. The van der Waals surface area contributed by atoms with E-state index in [2.05, 4.69) is 6.58 Å². The van der Waals surface area contributed by atoms with E-state index in [0.29, 0.717) is 0 Å². The second kappa shape index (κ2) is 3.45. The van der Waals surface area contributed by atoms with E-state index >= 15 is 0 Å². The van der Waals surface area contributed by atoms with Crippen LogP contribution in [0.15, 0.2) is 12.3 Å². The maximum atomic E-state index is 8.64. The minimum absolute atomic E-state index is 0.545. The summed E-state index contributed by atoms with van der Waals surface area (Å²) in [5.74, 6) is -0.545. The molecule has 54 valence electrons. The van der Waals surface area contributed by atoms with Gasteiger partial charge in [-0.15, -0.1) is 0 Å². The molecule has 0 saturated heterocycles. The summed E-state index contributed by atoms with van der Waals surface area (Å²) < 4.78 is 0. The topological polar surface area (TPSA) is 80.9 Å². The lowest BCUT2D eigenvalue weighted by molar-refractivity contribution is -0.0129. The maximum absolute atomic E-state index is 8.64. The Morgan fingerprint density at radius 3 is 2.00 bits per heavy atom. The van der Waals surface area contributed by atoms with Gasteiger partial charge in [0.05, 0.1) is 6.61 Å². The average Bonchev–Trinajstić information content (AvgIpc) is 1.84. The van der Waals surface area contributed by atoms with Crippen molar-refractivity contribution in [2.24, 2.45) is 0 Å². The van der Waals surface area contributed by atoms with Crippen LogP contribution in [0.25, 0.3) is 0 Å². The first-order valence-electron chi connectivity index (χ1n) is 2.44. The molecule has 9 heavy (non-hydrogen) atoms. The third kappa shape index (κ3) is 2.46. The van der Waals surface area contributed by atoms with Gasteiger partial charge in [-0.2, -0.15) is 0 Å². The predicted molar refractivity (Wildman–Crippen MR) is 30.9 cm³/mol. The normalized spacial score (nSPS) is 16.8. The standard InChI is InChI=1S/C5H10O4/c1-3(7)5(9)4(8)2-6/h4-9H,1-2H2/t4-,5+/m1/s1. The van der Waals surface area contributed by atoms with Crippen LogP contribution in [0, 0.1) is 0 Å². The maximum Gasteiger partial charge on any atom is 0.138 e. The smallest absolute Gasteiger partial charge is 0.138 e. The van der Waals surface area contributed by atoms with E-state index in [4.69, 9.17) is 20.4 Å². The highest BCUT2D eigenvalue weighted by molar-refractivity contribution is 4.92. The minimum Gasteiger partial charge on any atom is -0.510 e. The van der Waals surface area contributed by atoms with Crippen molar-refractivity contribution in [1.82, 2.24) is 0 Å². The van der Waals surface area contributed by atoms with E-state index in [1.54, 1.807) is 0 Å². The first-order chi connectivity index (χ1) is 4.09. The van der Waals surface area contributed by atoms with Gasteiger partial charge in [-0.1, -0.05) is 6.58 Å². The Kier molecular flexibility index (Phi) is 3.22. The summed E-state index contributed by atoms with van der Waals surface area (Å²) in [5.41, 5.74) is 0. The Labute approximate surface area is 52.7 Å². The van der Waals surface area contributed by atoms with Gasteiger partial charge in [0.15, 0.2) is 0 Å². The minimum atomic E-state index is -1.45. The van der Waals surface area contributed by atoms with Gasteiger partial charge in [-0.05, 0) is 0 Å². The monoisotopic (exact) mass is 134 g/mol. The Morgan fingerprint density at radius 1 is 1.44 bits per heavy atom. The lowest BCUT2D eigenvalue weighted by atomic mass is 10.2. The Hall–Kier alpha value is -0.580. The van der Waals surface area contributed by atoms with E-state index in [-0.39, 0.29) is 0 Å². The second-order valence-corrected chi connectivity index (χ2v) is 1.69. The molecule has 0 rings (SSSR count). The molecule has 0 aliphatic carbocycles. The first kappa shape index (κ1) is 8.42. The molecule has 0 radical (unpaired) electrons. The fourth-order valence-corrected chi connectivity index (χ4v) is 0.322. The van der Waals surface area contributed by atoms with Gasteiger partial charge >= 0.3 is 0 Å². The molecule has 0 heterocycles. The molecular formula is C5H10O4. The number of aliphatic hydroxyl groups is 4. The molecule has 2 atom stereocenters. The van der Waals surface area contributed by atoms with Crippen LogP contribution in [0.1, 0.15) is 0 Å². The summed E-state index contributed by atoms with van der Waals surface area (Å²) in [7, 11) is 0. The highest BCUT2D eigenvalue weighted by Gasteiger charge is 2.16. The van der Waals surface area contributed by atoms with Gasteiger partial charge in [0.25, 0.3) is 0 Å². The van der Waals surface area contributed by atoms with Crippen molar-refractivity contribution >= 4 is 0 Å². The number of hydrogen-bond donors (Lipinski definition) is 4. The van der Waals surface area contributed by atoms with Crippen LogP contribution in [0.4, 0.5) is 0 Å². The van der Waals surface area contributed by atoms with E-state index < -0.39 is 24.6 Å². The van der Waals surface area contributed by atoms with Gasteiger partial charge in [-0.25, -0.2) is 0 Å². The zero-order chi connectivity index (χ0) is 7.44. The molecule has 4 nitrogen and oxygen atoms in total. The van der Waals surface area contributed by atoms with Crippen LogP contribution in [0.5, 0.6) is 0 Å². The van der Waals surface area contributed by atoms with Crippen LogP contribution < -0.4 is 0 Å². The molecule has 0 bridgehead atoms. The number of aliphatic hydroxyl groups excluding tert-OH is 4. The Bertz CT molecular complexity index is 101. The molecule has 0 aliphatic rings. The number of rotatable bonds is 3. The first-order valence-corrected chi connectivity index (χ1v) is 2.44. The highest BCUT2D eigenvalue weighted by atomic mass is 16.4. The van der Waals surface area contributed by atoms with E-state index in [1.807, 2.05) is 0 Å². The fourth-order valence-electron chi connectivity index (χ4n) is 0.322. The molecule has 0 saturated carbocycles. The van der Waals surface area contributed by atoms with Crippen molar-refractivity contribution in [3.63, 3.8) is 0 Å². The largest absolute Gasteiger partial charge is 0.510 e. The Balaban J connectivity index is 3.72. The molecule has 0 aromatic carbocycles. The van der Waals surface area contributed by atoms with Crippen molar-refractivity contribution in [3.8, 4) is 0 Å². The molecule has 0 spiro atoms. The molecule has 0 unspecified atom stereocenters. The van der Waals surface area contributed by atoms with Crippen molar-refractivity contribution in [2.75, 3.05) is 6.61 Å². The summed E-state index contributed by atoms with van der Waals surface area (Å²) in [4.78, 5) is 0. The van der Waals surface area contributed by atoms with Crippen molar-refractivity contribution in [2.45, 2.75) is 12.2 Å². The highest BCUT2D eigenvalue weighted by Crippen LogP contribution is 1.99. The molecule has 0 aliphatic heterocycles. The van der Waals surface area contributed by atoms with Gasteiger partial charge < -0.3 is 20.4 Å². The summed E-state index contributed by atoms with van der Waals surface area (Å²) in [6, 6.07) is 0. The zero-order valence-corrected chi connectivity index (χ0v) is 4.86. The van der Waals surface area contributed by atoms with Gasteiger partial charge in [0.2, 0.25) is 0 Å². The molecule has 4 N–H and O–H groups in total. The molecule has 0 fully saturated rings. The van der Waals surface area contributed by atoms with Crippen LogP contribution in [-0.2, 0) is 0 Å². The third-order valence-electron chi connectivity index (χ3n) is 0.893. The second-order valence-electron chi connectivity index (χ2n) is 1.69.